The molecule has 2 N–H and O–H groups in total. The van der Waals surface area contributed by atoms with E-state index in [1.165, 1.54) is 6.92 Å². The fraction of sp³-hybridized carbons (Fsp3) is 0.235. The number of aromatic nitrogens is 4. The van der Waals surface area contributed by atoms with Crippen LogP contribution in [0.15, 0.2) is 108 Å². The molecule has 1 aromatic heterocycles. The summed E-state index contributed by atoms with van der Waals surface area (Å²) in [7, 11) is 0. The van der Waals surface area contributed by atoms with E-state index in [9.17, 15) is 9.90 Å². The summed E-state index contributed by atoms with van der Waals surface area (Å²) in [6.45, 7) is 2.00. The van der Waals surface area contributed by atoms with Crippen molar-refractivity contribution in [2.24, 2.45) is 0 Å². The topological polar surface area (TPSA) is 111 Å². The zero-order chi connectivity index (χ0) is 30.3. The second-order valence-corrected chi connectivity index (χ2v) is 11.6. The Morgan fingerprint density at radius 3 is 2.43 bits per heavy atom. The molecule has 2 heterocycles. The van der Waals surface area contributed by atoms with Gasteiger partial charge in [-0.3, -0.25) is 4.79 Å². The number of rotatable bonds is 10. The molecule has 0 aliphatic carbocycles. The van der Waals surface area contributed by atoms with Gasteiger partial charge in [-0.15, -0.1) is 5.10 Å². The second kappa shape index (κ2) is 14.0. The molecular formula is C34H33N5O4S. The summed E-state index contributed by atoms with van der Waals surface area (Å²) < 4.78 is 14.8. The highest BCUT2D eigenvalue weighted by molar-refractivity contribution is 7.99. The number of para-hydroxylation sites is 1. The number of tetrazole rings is 1. The number of amides is 1. The molecule has 224 valence electrons. The molecule has 0 saturated carbocycles. The molecule has 44 heavy (non-hydrogen) atoms. The van der Waals surface area contributed by atoms with Crippen LogP contribution < -0.4 is 5.32 Å². The smallest absolute Gasteiger partial charge is 0.217 e. The summed E-state index contributed by atoms with van der Waals surface area (Å²) in [6.07, 6.45) is -0.231. The normalized spacial score (nSPS) is 18.2. The van der Waals surface area contributed by atoms with E-state index in [2.05, 4.69) is 45.1 Å². The van der Waals surface area contributed by atoms with Crippen LogP contribution in [0.4, 0.5) is 0 Å². The lowest BCUT2D eigenvalue weighted by Crippen LogP contribution is -2.31. The Balaban J connectivity index is 1.20. The maximum atomic E-state index is 11.3. The second-order valence-electron chi connectivity index (χ2n) is 10.6. The number of hydrogen-bond donors (Lipinski definition) is 2. The lowest BCUT2D eigenvalue weighted by molar-refractivity contribution is -0.245. The van der Waals surface area contributed by atoms with Crippen LogP contribution in [0.2, 0.25) is 0 Å². The molecule has 4 aromatic carbocycles. The summed E-state index contributed by atoms with van der Waals surface area (Å²) in [5.41, 5.74) is 6.87. The van der Waals surface area contributed by atoms with Gasteiger partial charge in [0.05, 0.1) is 24.5 Å². The molecule has 0 bridgehead atoms. The number of benzene rings is 4. The van der Waals surface area contributed by atoms with Crippen molar-refractivity contribution in [1.29, 1.82) is 0 Å². The Morgan fingerprint density at radius 1 is 0.909 bits per heavy atom. The zero-order valence-electron chi connectivity index (χ0n) is 24.2. The fourth-order valence-corrected chi connectivity index (χ4v) is 6.02. The predicted octanol–water partition coefficient (Wildman–Crippen LogP) is 5.80. The minimum atomic E-state index is -0.567. The van der Waals surface area contributed by atoms with Crippen LogP contribution in [0.3, 0.4) is 0 Å². The van der Waals surface area contributed by atoms with Gasteiger partial charge in [0.25, 0.3) is 0 Å². The maximum absolute atomic E-state index is 11.3. The minimum absolute atomic E-state index is 0.00453. The molecule has 0 spiro atoms. The van der Waals surface area contributed by atoms with Crippen LogP contribution in [-0.4, -0.2) is 43.1 Å². The third-order valence-electron chi connectivity index (χ3n) is 7.44. The Hall–Kier alpha value is -4.35. The highest BCUT2D eigenvalue weighted by Gasteiger charge is 2.32. The molecular weight excluding hydrogens is 574 g/mol. The molecule has 0 radical (unpaired) electrons. The van der Waals surface area contributed by atoms with Crippen LogP contribution >= 0.6 is 11.8 Å². The quantitative estimate of drug-likeness (QED) is 0.192. The Labute approximate surface area is 260 Å². The predicted molar refractivity (Wildman–Crippen MR) is 168 cm³/mol. The van der Waals surface area contributed by atoms with Gasteiger partial charge >= 0.3 is 0 Å². The molecule has 10 heteroatoms. The van der Waals surface area contributed by atoms with Gasteiger partial charge < -0.3 is 19.9 Å². The van der Waals surface area contributed by atoms with Crippen molar-refractivity contribution in [3.8, 4) is 16.8 Å². The number of carbonyl (C=O) groups is 1. The fourth-order valence-electron chi connectivity index (χ4n) is 5.11. The van der Waals surface area contributed by atoms with Crippen LogP contribution in [-0.2, 0) is 27.4 Å². The van der Waals surface area contributed by atoms with Gasteiger partial charge in [0.15, 0.2) is 6.29 Å². The number of thioether (sulfide) groups is 1. The number of nitrogens with one attached hydrogen (secondary N) is 1. The van der Waals surface area contributed by atoms with Crippen LogP contribution in [0, 0.1) is 0 Å². The largest absolute Gasteiger partial charge is 0.392 e. The van der Waals surface area contributed by atoms with Crippen LogP contribution in [0.1, 0.15) is 48.0 Å². The Bertz CT molecular complexity index is 1680. The Morgan fingerprint density at radius 2 is 1.68 bits per heavy atom. The zero-order valence-corrected chi connectivity index (χ0v) is 25.1. The van der Waals surface area contributed by atoms with E-state index in [4.69, 9.17) is 9.47 Å². The first-order chi connectivity index (χ1) is 21.6. The average molecular weight is 608 g/mol. The average Bonchev–Trinajstić information content (AvgIpc) is 3.56. The van der Waals surface area contributed by atoms with Gasteiger partial charge in [-0.25, -0.2) is 0 Å². The van der Waals surface area contributed by atoms with E-state index in [-0.39, 0.29) is 24.7 Å². The van der Waals surface area contributed by atoms with Crippen molar-refractivity contribution >= 4 is 17.7 Å². The molecule has 6 rings (SSSR count). The number of hydrogen-bond acceptors (Lipinski definition) is 8. The highest BCUT2D eigenvalue weighted by Crippen LogP contribution is 2.40. The number of aliphatic hydroxyl groups is 1. The molecule has 1 amide bonds. The van der Waals surface area contributed by atoms with E-state index in [0.717, 1.165) is 39.1 Å². The van der Waals surface area contributed by atoms with E-state index >= 15 is 0 Å². The number of carbonyl (C=O) groups excluding carboxylic acids is 1. The Kier molecular flexibility index (Phi) is 9.43. The van der Waals surface area contributed by atoms with Crippen LogP contribution in [0.5, 0.6) is 0 Å². The van der Waals surface area contributed by atoms with Crippen molar-refractivity contribution in [3.05, 3.63) is 125 Å². The van der Waals surface area contributed by atoms with E-state index in [1.807, 2.05) is 78.9 Å². The van der Waals surface area contributed by atoms with Gasteiger partial charge in [-0.05, 0) is 56.4 Å². The first kappa shape index (κ1) is 29.7. The SMILES string of the molecule is CC(=O)NCc1cccc(-c2ccc([C@H]3O[C@@H](CSc4nnnn4-c4ccccc4)C[C@@H](c4ccc(CO)cc4)O3)cc2)c1. The lowest BCUT2D eigenvalue weighted by atomic mass is 9.99. The number of ether oxygens (including phenoxy) is 2. The molecule has 3 atom stereocenters. The summed E-state index contributed by atoms with van der Waals surface area (Å²) in [5.74, 6) is 0.582. The summed E-state index contributed by atoms with van der Waals surface area (Å²) in [6, 6.07) is 34.0. The molecule has 1 saturated heterocycles. The molecule has 5 aromatic rings. The minimum Gasteiger partial charge on any atom is -0.392 e. The molecule has 9 nitrogen and oxygen atoms in total. The van der Waals surface area contributed by atoms with E-state index in [1.54, 1.807) is 16.4 Å². The molecule has 1 fully saturated rings. The maximum Gasteiger partial charge on any atom is 0.217 e. The third-order valence-corrected chi connectivity index (χ3v) is 8.49. The first-order valence-corrected chi connectivity index (χ1v) is 15.4. The van der Waals surface area contributed by atoms with Gasteiger partial charge in [0.1, 0.15) is 0 Å². The highest BCUT2D eigenvalue weighted by atomic mass is 32.2. The first-order valence-electron chi connectivity index (χ1n) is 14.5. The molecule has 0 unspecified atom stereocenters. The van der Waals surface area contributed by atoms with Crippen LogP contribution in [0.25, 0.3) is 16.8 Å². The van der Waals surface area contributed by atoms with Crippen molar-refractivity contribution in [3.63, 3.8) is 0 Å². The van der Waals surface area contributed by atoms with Crippen molar-refractivity contribution < 1.29 is 19.4 Å². The number of aliphatic hydroxyl groups excluding tert-OH is 1. The van der Waals surface area contributed by atoms with E-state index < -0.39 is 6.29 Å². The van der Waals surface area contributed by atoms with Crippen molar-refractivity contribution in [2.75, 3.05) is 5.75 Å². The van der Waals surface area contributed by atoms with Crippen molar-refractivity contribution in [1.82, 2.24) is 25.5 Å². The monoisotopic (exact) mass is 607 g/mol. The third kappa shape index (κ3) is 7.23. The van der Waals surface area contributed by atoms with Gasteiger partial charge in [0, 0.05) is 31.2 Å². The van der Waals surface area contributed by atoms with Crippen molar-refractivity contribution in [2.45, 2.75) is 50.2 Å². The summed E-state index contributed by atoms with van der Waals surface area (Å²) >= 11 is 1.55. The summed E-state index contributed by atoms with van der Waals surface area (Å²) in [4.78, 5) is 11.3. The van der Waals surface area contributed by atoms with Gasteiger partial charge in [-0.1, -0.05) is 96.7 Å². The van der Waals surface area contributed by atoms with Gasteiger partial charge in [-0.2, -0.15) is 4.68 Å². The lowest BCUT2D eigenvalue weighted by Gasteiger charge is -2.36. The molecule has 1 aliphatic rings. The summed E-state index contributed by atoms with van der Waals surface area (Å²) in [5, 5.41) is 25.4. The van der Waals surface area contributed by atoms with Gasteiger partial charge in [0.2, 0.25) is 11.1 Å². The standard InChI is InChI=1S/C34H33N5O4S/c1-23(41)35-20-25-6-5-7-29(18-25)26-14-16-28(17-15-26)33-42-31(19-32(43-33)27-12-10-24(21-40)11-13-27)22-44-34-36-37-38-39(34)30-8-3-2-4-9-30/h2-18,31-33,40H,19-22H2,1H3,(H,35,41)/t31-,32+,33+/m1/s1. The number of nitrogens with zero attached hydrogens (tertiary/aromatic N) is 4. The molecule has 1 aliphatic heterocycles. The van der Waals surface area contributed by atoms with E-state index in [0.29, 0.717) is 23.9 Å².